The quantitative estimate of drug-likeness (QED) is 0.841. The molecule has 1 aromatic heterocycles. The minimum absolute atomic E-state index is 0.162. The second-order valence-electron chi connectivity index (χ2n) is 8.81. The van der Waals surface area contributed by atoms with Gasteiger partial charge in [0.25, 0.3) is 0 Å². The number of anilines is 1. The standard InChI is InChI=1S/C20H34N6O/c1-15(2)24-6-8-25(9-7-24)19-12-21-11-18(23-19)20(3,4)26-13-16-17(14-26)27-10-5-22-16/h11-12,15-17,22H,5-10,13-14H2,1-4H3/t16-,17+/m0/s1. The van der Waals surface area contributed by atoms with Crippen molar-refractivity contribution < 1.29 is 4.74 Å². The summed E-state index contributed by atoms with van der Waals surface area (Å²) >= 11 is 0. The summed E-state index contributed by atoms with van der Waals surface area (Å²) in [6.45, 7) is 17.0. The highest BCUT2D eigenvalue weighted by Crippen LogP contribution is 2.32. The normalized spacial score (nSPS) is 28.0. The molecule has 3 aliphatic heterocycles. The molecule has 4 heterocycles. The zero-order chi connectivity index (χ0) is 19.0. The van der Waals surface area contributed by atoms with Crippen LogP contribution in [0.3, 0.4) is 0 Å². The predicted octanol–water partition coefficient (Wildman–Crippen LogP) is 0.915. The van der Waals surface area contributed by atoms with E-state index in [2.05, 4.69) is 52.7 Å². The van der Waals surface area contributed by atoms with E-state index in [0.29, 0.717) is 18.2 Å². The maximum atomic E-state index is 5.96. The molecular weight excluding hydrogens is 340 g/mol. The molecule has 2 atom stereocenters. The van der Waals surface area contributed by atoms with Crippen LogP contribution < -0.4 is 10.2 Å². The molecule has 7 nitrogen and oxygen atoms in total. The Balaban J connectivity index is 1.47. The fraction of sp³-hybridized carbons (Fsp3) is 0.800. The minimum atomic E-state index is -0.162. The monoisotopic (exact) mass is 374 g/mol. The zero-order valence-corrected chi connectivity index (χ0v) is 17.2. The molecule has 7 heteroatoms. The molecule has 0 saturated carbocycles. The number of fused-ring (bicyclic) bond motifs is 1. The first-order chi connectivity index (χ1) is 12.9. The van der Waals surface area contributed by atoms with Gasteiger partial charge in [0.05, 0.1) is 36.3 Å². The lowest BCUT2D eigenvalue weighted by Crippen LogP contribution is -2.49. The summed E-state index contributed by atoms with van der Waals surface area (Å²) in [5.41, 5.74) is 0.885. The third-order valence-corrected chi connectivity index (χ3v) is 6.51. The Morgan fingerprint density at radius 2 is 1.93 bits per heavy atom. The summed E-state index contributed by atoms with van der Waals surface area (Å²) in [5, 5.41) is 3.60. The maximum Gasteiger partial charge on any atom is 0.147 e. The zero-order valence-electron chi connectivity index (χ0n) is 17.2. The summed E-state index contributed by atoms with van der Waals surface area (Å²) in [5.74, 6) is 1.01. The largest absolute Gasteiger partial charge is 0.374 e. The van der Waals surface area contributed by atoms with E-state index >= 15 is 0 Å². The lowest BCUT2D eigenvalue weighted by molar-refractivity contribution is 0.0133. The predicted molar refractivity (Wildman–Crippen MR) is 107 cm³/mol. The van der Waals surface area contributed by atoms with Crippen LogP contribution in [0.25, 0.3) is 0 Å². The van der Waals surface area contributed by atoms with Gasteiger partial charge in [-0.2, -0.15) is 0 Å². The molecule has 1 N–H and O–H groups in total. The van der Waals surface area contributed by atoms with Crippen LogP contribution in [0, 0.1) is 0 Å². The van der Waals surface area contributed by atoms with Gasteiger partial charge in [0.2, 0.25) is 0 Å². The highest BCUT2D eigenvalue weighted by atomic mass is 16.5. The van der Waals surface area contributed by atoms with Crippen molar-refractivity contribution in [2.45, 2.75) is 51.4 Å². The van der Waals surface area contributed by atoms with E-state index in [9.17, 15) is 0 Å². The van der Waals surface area contributed by atoms with Gasteiger partial charge in [0, 0.05) is 57.9 Å². The van der Waals surface area contributed by atoms with E-state index < -0.39 is 0 Å². The maximum absolute atomic E-state index is 5.96. The number of rotatable bonds is 4. The van der Waals surface area contributed by atoms with Crippen LogP contribution in [-0.2, 0) is 10.3 Å². The van der Waals surface area contributed by atoms with Crippen LogP contribution in [0.2, 0.25) is 0 Å². The van der Waals surface area contributed by atoms with Crippen LogP contribution in [0.15, 0.2) is 12.4 Å². The van der Waals surface area contributed by atoms with Crippen LogP contribution >= 0.6 is 0 Å². The number of hydrogen-bond donors (Lipinski definition) is 1. The summed E-state index contributed by atoms with van der Waals surface area (Å²) in [7, 11) is 0. The van der Waals surface area contributed by atoms with Gasteiger partial charge >= 0.3 is 0 Å². The van der Waals surface area contributed by atoms with Crippen molar-refractivity contribution in [1.29, 1.82) is 0 Å². The molecule has 0 bridgehead atoms. The van der Waals surface area contributed by atoms with Crippen molar-refractivity contribution in [2.75, 3.05) is 57.3 Å². The minimum Gasteiger partial charge on any atom is -0.374 e. The van der Waals surface area contributed by atoms with Crippen LogP contribution in [-0.4, -0.2) is 90.4 Å². The van der Waals surface area contributed by atoms with Crippen molar-refractivity contribution in [2.24, 2.45) is 0 Å². The molecule has 1 aromatic rings. The van der Waals surface area contributed by atoms with Gasteiger partial charge in [-0.3, -0.25) is 14.8 Å². The van der Waals surface area contributed by atoms with Crippen molar-refractivity contribution >= 4 is 5.82 Å². The van der Waals surface area contributed by atoms with Crippen molar-refractivity contribution in [3.63, 3.8) is 0 Å². The highest BCUT2D eigenvalue weighted by molar-refractivity contribution is 5.38. The lowest BCUT2D eigenvalue weighted by Gasteiger charge is -2.38. The van der Waals surface area contributed by atoms with E-state index in [-0.39, 0.29) is 5.54 Å². The molecule has 0 unspecified atom stereocenters. The fourth-order valence-electron chi connectivity index (χ4n) is 4.48. The highest BCUT2D eigenvalue weighted by Gasteiger charge is 2.42. The Morgan fingerprint density at radius 3 is 2.63 bits per heavy atom. The van der Waals surface area contributed by atoms with Gasteiger partial charge in [-0.1, -0.05) is 0 Å². The Labute approximate surface area is 163 Å². The smallest absolute Gasteiger partial charge is 0.147 e. The van der Waals surface area contributed by atoms with Crippen molar-refractivity contribution in [3.8, 4) is 0 Å². The molecule has 0 amide bonds. The summed E-state index contributed by atoms with van der Waals surface area (Å²) < 4.78 is 5.96. The molecular formula is C20H34N6O. The van der Waals surface area contributed by atoms with E-state index in [0.717, 1.165) is 63.9 Å². The van der Waals surface area contributed by atoms with E-state index in [1.54, 1.807) is 0 Å². The number of nitrogens with one attached hydrogen (secondary N) is 1. The number of nitrogens with zero attached hydrogens (tertiary/aromatic N) is 5. The fourth-order valence-corrected chi connectivity index (χ4v) is 4.48. The van der Waals surface area contributed by atoms with Gasteiger partial charge in [0.15, 0.2) is 0 Å². The number of hydrogen-bond acceptors (Lipinski definition) is 7. The number of morpholine rings is 1. The Hall–Kier alpha value is -1.28. The SMILES string of the molecule is CC(C)N1CCN(c2cncc(C(C)(C)N3C[C@@H]4NCCO[C@@H]4C3)n2)CC1. The first kappa shape index (κ1) is 19.1. The van der Waals surface area contributed by atoms with Gasteiger partial charge < -0.3 is 15.0 Å². The molecule has 3 fully saturated rings. The molecule has 3 aliphatic rings. The van der Waals surface area contributed by atoms with Crippen molar-refractivity contribution in [1.82, 2.24) is 25.1 Å². The lowest BCUT2D eigenvalue weighted by atomic mass is 9.99. The van der Waals surface area contributed by atoms with Gasteiger partial charge in [0.1, 0.15) is 5.82 Å². The van der Waals surface area contributed by atoms with Gasteiger partial charge in [-0.05, 0) is 27.7 Å². The van der Waals surface area contributed by atoms with Gasteiger partial charge in [-0.25, -0.2) is 4.98 Å². The number of piperazine rings is 1. The summed E-state index contributed by atoms with van der Waals surface area (Å²) in [6, 6.07) is 1.04. The topological polar surface area (TPSA) is 56.8 Å². The first-order valence-electron chi connectivity index (χ1n) is 10.4. The molecule has 150 valence electrons. The van der Waals surface area contributed by atoms with Gasteiger partial charge in [-0.15, -0.1) is 0 Å². The Kier molecular flexibility index (Phi) is 5.38. The number of ether oxygens (including phenoxy) is 1. The average molecular weight is 375 g/mol. The summed E-state index contributed by atoms with van der Waals surface area (Å²) in [6.07, 6.45) is 4.14. The Morgan fingerprint density at radius 1 is 1.15 bits per heavy atom. The van der Waals surface area contributed by atoms with E-state index in [1.807, 2.05) is 12.4 Å². The van der Waals surface area contributed by atoms with Crippen LogP contribution in [0.1, 0.15) is 33.4 Å². The molecule has 3 saturated heterocycles. The second kappa shape index (κ2) is 7.62. The number of aromatic nitrogens is 2. The van der Waals surface area contributed by atoms with E-state index in [4.69, 9.17) is 9.72 Å². The molecule has 0 aliphatic carbocycles. The molecule has 0 radical (unpaired) electrons. The number of likely N-dealkylation sites (tertiary alicyclic amines) is 1. The molecule has 0 aromatic carbocycles. The first-order valence-corrected chi connectivity index (χ1v) is 10.4. The third kappa shape index (κ3) is 3.83. The molecule has 27 heavy (non-hydrogen) atoms. The van der Waals surface area contributed by atoms with E-state index in [1.165, 1.54) is 0 Å². The van der Waals surface area contributed by atoms with Crippen molar-refractivity contribution in [3.05, 3.63) is 18.1 Å². The molecule has 4 rings (SSSR count). The second-order valence-corrected chi connectivity index (χ2v) is 8.81. The average Bonchev–Trinajstić information content (AvgIpc) is 3.13. The summed E-state index contributed by atoms with van der Waals surface area (Å²) in [4.78, 5) is 17.0. The Bertz CT molecular complexity index is 629. The molecule has 0 spiro atoms. The van der Waals surface area contributed by atoms with Crippen LogP contribution in [0.4, 0.5) is 5.82 Å². The third-order valence-electron chi connectivity index (χ3n) is 6.51. The van der Waals surface area contributed by atoms with Crippen LogP contribution in [0.5, 0.6) is 0 Å².